The van der Waals surface area contributed by atoms with Gasteiger partial charge in [0, 0.05) is 19.7 Å². The number of aromatic nitrogens is 1. The maximum atomic E-state index is 13.9. The number of thiophene rings is 1. The first kappa shape index (κ1) is 23.9. The highest BCUT2D eigenvalue weighted by Crippen LogP contribution is 2.35. The molecule has 0 saturated carbocycles. The Bertz CT molecular complexity index is 1280. The number of carbonyl (C=O) groups is 1. The van der Waals surface area contributed by atoms with Gasteiger partial charge in [-0.15, -0.1) is 11.3 Å². The van der Waals surface area contributed by atoms with Crippen molar-refractivity contribution in [1.29, 1.82) is 0 Å². The number of hydrogen-bond donors (Lipinski definition) is 0. The number of benzene rings is 1. The van der Waals surface area contributed by atoms with E-state index in [9.17, 15) is 13.2 Å². The average Bonchev–Trinajstić information content (AvgIpc) is 3.59. The molecule has 2 aromatic heterocycles. The maximum Gasteiger partial charge on any atom is 0.252 e. The lowest BCUT2D eigenvalue weighted by molar-refractivity contribution is -0.123. The minimum Gasteiger partial charge on any atom is -0.376 e. The van der Waals surface area contributed by atoms with Gasteiger partial charge in [-0.1, -0.05) is 23.5 Å². The molecule has 0 N–H and O–H groups in total. The monoisotopic (exact) mass is 519 g/mol. The van der Waals surface area contributed by atoms with Crippen molar-refractivity contribution in [1.82, 2.24) is 9.29 Å². The quantitative estimate of drug-likeness (QED) is 0.476. The zero-order chi connectivity index (χ0) is 23.9. The highest BCUT2D eigenvalue weighted by atomic mass is 32.2. The number of ether oxygens (including phenoxy) is 1. The molecule has 1 aromatic carbocycles. The van der Waals surface area contributed by atoms with Crippen molar-refractivity contribution in [2.24, 2.45) is 5.92 Å². The van der Waals surface area contributed by atoms with Gasteiger partial charge in [0.05, 0.1) is 28.8 Å². The van der Waals surface area contributed by atoms with E-state index >= 15 is 0 Å². The van der Waals surface area contributed by atoms with Gasteiger partial charge in [-0.05, 0) is 68.2 Å². The van der Waals surface area contributed by atoms with Gasteiger partial charge in [0.25, 0.3) is 10.0 Å². The number of nitrogens with zero attached hydrogens (tertiary/aromatic N) is 3. The summed E-state index contributed by atoms with van der Waals surface area (Å²) < 4.78 is 34.9. The predicted octanol–water partition coefficient (Wildman–Crippen LogP) is 4.59. The van der Waals surface area contributed by atoms with Gasteiger partial charge in [0.1, 0.15) is 4.21 Å². The van der Waals surface area contributed by atoms with Crippen molar-refractivity contribution in [2.45, 2.75) is 49.8 Å². The van der Waals surface area contributed by atoms with Gasteiger partial charge < -0.3 is 4.74 Å². The number of sulfonamides is 1. The molecule has 2 aliphatic rings. The van der Waals surface area contributed by atoms with Crippen LogP contribution in [-0.4, -0.2) is 56.0 Å². The molecule has 2 unspecified atom stereocenters. The molecule has 4 heterocycles. The number of anilines is 1. The highest BCUT2D eigenvalue weighted by molar-refractivity contribution is 7.91. The minimum atomic E-state index is -3.59. The number of carbonyl (C=O) groups excluding carboxylic acids is 1. The van der Waals surface area contributed by atoms with E-state index < -0.39 is 15.9 Å². The van der Waals surface area contributed by atoms with Crippen LogP contribution in [0, 0.1) is 19.8 Å². The Kier molecular flexibility index (Phi) is 6.78. The van der Waals surface area contributed by atoms with E-state index in [1.165, 1.54) is 27.0 Å². The van der Waals surface area contributed by atoms with Gasteiger partial charge in [0.15, 0.2) is 5.13 Å². The molecule has 0 spiro atoms. The van der Waals surface area contributed by atoms with E-state index in [1.807, 2.05) is 13.0 Å². The second kappa shape index (κ2) is 9.66. The molecule has 0 radical (unpaired) electrons. The standard InChI is InChI=1S/C24H29N3O4S3/c1-16-12-17(2)22-20(13-16)25-24(33-22)27(15-19-7-4-10-31-19)23(28)18-6-3-9-26(14-18)34(29,30)21-8-5-11-32-21/h5,8,11-13,18-19H,3-4,6-7,9-10,14-15H2,1-2H3. The summed E-state index contributed by atoms with van der Waals surface area (Å²) in [6.07, 6.45) is 3.21. The summed E-state index contributed by atoms with van der Waals surface area (Å²) in [5, 5.41) is 2.43. The third kappa shape index (κ3) is 4.66. The normalized spacial score (nSPS) is 21.8. The predicted molar refractivity (Wildman–Crippen MR) is 136 cm³/mol. The number of hydrogen-bond acceptors (Lipinski definition) is 7. The average molecular weight is 520 g/mol. The Morgan fingerprint density at radius 2 is 2.12 bits per heavy atom. The molecule has 1 amide bonds. The van der Waals surface area contributed by atoms with E-state index in [-0.39, 0.29) is 18.6 Å². The van der Waals surface area contributed by atoms with Crippen LogP contribution in [0.2, 0.25) is 0 Å². The second-order valence-corrected chi connectivity index (χ2v) is 13.2. The number of thiazole rings is 1. The molecular formula is C24H29N3O4S3. The molecule has 2 aliphatic heterocycles. The summed E-state index contributed by atoms with van der Waals surface area (Å²) in [4.78, 5) is 20.5. The molecule has 0 bridgehead atoms. The highest BCUT2D eigenvalue weighted by Gasteiger charge is 2.37. The first-order valence-corrected chi connectivity index (χ1v) is 14.8. The molecule has 3 aromatic rings. The lowest BCUT2D eigenvalue weighted by Gasteiger charge is -2.34. The third-order valence-electron chi connectivity index (χ3n) is 6.54. The molecule has 10 heteroatoms. The van der Waals surface area contributed by atoms with E-state index in [2.05, 4.69) is 13.0 Å². The first-order valence-electron chi connectivity index (χ1n) is 11.7. The van der Waals surface area contributed by atoms with Gasteiger partial charge in [-0.25, -0.2) is 13.4 Å². The van der Waals surface area contributed by atoms with Gasteiger partial charge >= 0.3 is 0 Å². The Balaban J connectivity index is 1.44. The molecule has 2 atom stereocenters. The Morgan fingerprint density at radius 3 is 2.85 bits per heavy atom. The van der Waals surface area contributed by atoms with Crippen molar-refractivity contribution in [2.75, 3.05) is 31.1 Å². The van der Waals surface area contributed by atoms with Gasteiger partial charge in [-0.3, -0.25) is 9.69 Å². The molecule has 7 nitrogen and oxygen atoms in total. The van der Waals surface area contributed by atoms with Crippen molar-refractivity contribution in [3.05, 3.63) is 40.8 Å². The lowest BCUT2D eigenvalue weighted by atomic mass is 9.98. The number of rotatable bonds is 6. The molecule has 0 aliphatic carbocycles. The van der Waals surface area contributed by atoms with Crippen LogP contribution in [0.3, 0.4) is 0 Å². The van der Waals surface area contributed by atoms with Crippen LogP contribution in [0.1, 0.15) is 36.8 Å². The Hall–Kier alpha value is -1.85. The largest absolute Gasteiger partial charge is 0.376 e. The van der Waals surface area contributed by atoms with Crippen LogP contribution in [0.15, 0.2) is 33.9 Å². The summed E-state index contributed by atoms with van der Waals surface area (Å²) >= 11 is 2.74. The summed E-state index contributed by atoms with van der Waals surface area (Å²) in [7, 11) is -3.59. The smallest absolute Gasteiger partial charge is 0.252 e. The SMILES string of the molecule is Cc1cc(C)c2sc(N(CC3CCCO3)C(=O)C3CCCN(S(=O)(=O)c4cccs4)C3)nc2c1. The Morgan fingerprint density at radius 1 is 1.26 bits per heavy atom. The zero-order valence-corrected chi connectivity index (χ0v) is 21.8. The lowest BCUT2D eigenvalue weighted by Crippen LogP contribution is -2.48. The van der Waals surface area contributed by atoms with Crippen LogP contribution in [0.4, 0.5) is 5.13 Å². The van der Waals surface area contributed by atoms with Crippen molar-refractivity contribution >= 4 is 54.0 Å². The first-order chi connectivity index (χ1) is 16.3. The zero-order valence-electron chi connectivity index (χ0n) is 19.4. The number of fused-ring (bicyclic) bond motifs is 1. The van der Waals surface area contributed by atoms with Crippen LogP contribution in [-0.2, 0) is 19.6 Å². The van der Waals surface area contributed by atoms with E-state index in [4.69, 9.17) is 9.72 Å². The fraction of sp³-hybridized carbons (Fsp3) is 0.500. The summed E-state index contributed by atoms with van der Waals surface area (Å²) in [6, 6.07) is 7.54. The number of piperidine rings is 1. The Labute approximate surface area is 208 Å². The maximum absolute atomic E-state index is 13.9. The fourth-order valence-corrected chi connectivity index (χ4v) is 8.55. The van der Waals surface area contributed by atoms with E-state index in [1.54, 1.807) is 22.4 Å². The minimum absolute atomic E-state index is 0.0201. The molecule has 34 heavy (non-hydrogen) atoms. The van der Waals surface area contributed by atoms with Gasteiger partial charge in [-0.2, -0.15) is 4.31 Å². The summed E-state index contributed by atoms with van der Waals surface area (Å²) in [5.41, 5.74) is 3.18. The molecule has 5 rings (SSSR count). The molecular weight excluding hydrogens is 490 g/mol. The molecule has 182 valence electrons. The van der Waals surface area contributed by atoms with Crippen LogP contribution in [0.25, 0.3) is 10.2 Å². The molecule has 2 fully saturated rings. The van der Waals surface area contributed by atoms with Gasteiger partial charge in [0.2, 0.25) is 5.91 Å². The van der Waals surface area contributed by atoms with Crippen molar-refractivity contribution < 1.29 is 17.9 Å². The summed E-state index contributed by atoms with van der Waals surface area (Å²) in [5.74, 6) is -0.463. The van der Waals surface area contributed by atoms with E-state index in [0.717, 1.165) is 34.2 Å². The topological polar surface area (TPSA) is 79.8 Å². The van der Waals surface area contributed by atoms with Crippen molar-refractivity contribution in [3.8, 4) is 0 Å². The fourth-order valence-electron chi connectivity index (χ4n) is 4.85. The second-order valence-electron chi connectivity index (χ2n) is 9.14. The van der Waals surface area contributed by atoms with Crippen LogP contribution >= 0.6 is 22.7 Å². The number of aryl methyl sites for hydroxylation is 2. The number of amides is 1. The van der Waals surface area contributed by atoms with Crippen LogP contribution < -0.4 is 4.90 Å². The van der Waals surface area contributed by atoms with Crippen molar-refractivity contribution in [3.63, 3.8) is 0 Å². The van der Waals surface area contributed by atoms with E-state index in [0.29, 0.717) is 41.9 Å². The third-order valence-corrected chi connectivity index (χ3v) is 11.0. The molecule has 2 saturated heterocycles. The summed E-state index contributed by atoms with van der Waals surface area (Å²) in [6.45, 7) is 5.91. The van der Waals surface area contributed by atoms with Crippen LogP contribution in [0.5, 0.6) is 0 Å².